The highest BCUT2D eigenvalue weighted by Gasteiger charge is 2.42. The van der Waals surface area contributed by atoms with Crippen LogP contribution < -0.4 is 5.32 Å². The van der Waals surface area contributed by atoms with Gasteiger partial charge in [-0.1, -0.05) is 53.7 Å². The van der Waals surface area contributed by atoms with E-state index in [9.17, 15) is 4.79 Å². The van der Waals surface area contributed by atoms with Crippen molar-refractivity contribution in [1.82, 2.24) is 10.5 Å². The topological polar surface area (TPSA) is 55.1 Å². The minimum atomic E-state index is -0.0886. The molecule has 0 radical (unpaired) electrons. The Bertz CT molecular complexity index is 969. The van der Waals surface area contributed by atoms with Crippen molar-refractivity contribution in [1.29, 1.82) is 0 Å². The first-order valence-corrected chi connectivity index (χ1v) is 9.54. The molecular weight excluding hydrogens is 336 g/mol. The van der Waals surface area contributed by atoms with Crippen molar-refractivity contribution in [3.05, 3.63) is 87.8 Å². The molecule has 2 bridgehead atoms. The average Bonchev–Trinajstić information content (AvgIpc) is 3.04. The highest BCUT2D eigenvalue weighted by Crippen LogP contribution is 2.55. The van der Waals surface area contributed by atoms with Gasteiger partial charge in [0.1, 0.15) is 11.3 Å². The summed E-state index contributed by atoms with van der Waals surface area (Å²) >= 11 is 0. The first kappa shape index (κ1) is 16.3. The average molecular weight is 358 g/mol. The van der Waals surface area contributed by atoms with E-state index in [1.165, 1.54) is 22.3 Å². The first-order chi connectivity index (χ1) is 13.1. The van der Waals surface area contributed by atoms with Crippen LogP contribution in [0.15, 0.2) is 53.1 Å². The molecule has 0 saturated carbocycles. The lowest BCUT2D eigenvalue weighted by Gasteiger charge is -2.45. The predicted octanol–water partition coefficient (Wildman–Crippen LogP) is 4.32. The third-order valence-electron chi connectivity index (χ3n) is 6.21. The maximum absolute atomic E-state index is 12.7. The van der Waals surface area contributed by atoms with Crippen molar-refractivity contribution < 1.29 is 9.32 Å². The molecule has 1 atom stereocenters. The van der Waals surface area contributed by atoms with Gasteiger partial charge in [0, 0.05) is 18.4 Å². The van der Waals surface area contributed by atoms with Crippen LogP contribution in [0.5, 0.6) is 0 Å². The molecule has 2 aromatic carbocycles. The molecule has 0 spiro atoms. The Morgan fingerprint density at radius 1 is 1.04 bits per heavy atom. The van der Waals surface area contributed by atoms with Crippen LogP contribution in [-0.4, -0.2) is 17.6 Å². The second-order valence-electron chi connectivity index (χ2n) is 7.69. The third-order valence-corrected chi connectivity index (χ3v) is 6.21. The van der Waals surface area contributed by atoms with Crippen LogP contribution in [-0.2, 0) is 0 Å². The molecule has 1 aromatic heterocycles. The number of nitrogens with one attached hydrogen (secondary N) is 1. The number of amides is 1. The molecule has 0 aliphatic heterocycles. The van der Waals surface area contributed by atoms with Gasteiger partial charge in [0.25, 0.3) is 5.91 Å². The molecule has 3 aromatic rings. The number of nitrogens with zero attached hydrogens (tertiary/aromatic N) is 1. The number of carbonyl (C=O) groups excluding carboxylic acids is 1. The number of rotatable bonds is 3. The number of benzene rings is 2. The summed E-state index contributed by atoms with van der Waals surface area (Å²) in [6, 6.07) is 17.6. The monoisotopic (exact) mass is 358 g/mol. The summed E-state index contributed by atoms with van der Waals surface area (Å²) in [4.78, 5) is 12.7. The Kier molecular flexibility index (Phi) is 3.67. The molecule has 0 fully saturated rings. The van der Waals surface area contributed by atoms with Gasteiger partial charge in [0.2, 0.25) is 0 Å². The van der Waals surface area contributed by atoms with Gasteiger partial charge in [-0.3, -0.25) is 4.79 Å². The number of fused-ring (bicyclic) bond motifs is 1. The van der Waals surface area contributed by atoms with E-state index in [1.807, 2.05) is 0 Å². The lowest BCUT2D eigenvalue weighted by Crippen LogP contribution is -2.39. The summed E-state index contributed by atoms with van der Waals surface area (Å²) < 4.78 is 5.14. The molecule has 3 aliphatic rings. The van der Waals surface area contributed by atoms with Crippen LogP contribution in [0, 0.1) is 19.8 Å². The van der Waals surface area contributed by atoms with Gasteiger partial charge in [0.05, 0.1) is 5.69 Å². The minimum absolute atomic E-state index is 0.0886. The molecule has 1 amide bonds. The highest BCUT2D eigenvalue weighted by atomic mass is 16.5. The molecule has 3 aliphatic carbocycles. The van der Waals surface area contributed by atoms with Crippen LogP contribution in [0.4, 0.5) is 0 Å². The second-order valence-corrected chi connectivity index (χ2v) is 7.69. The van der Waals surface area contributed by atoms with Gasteiger partial charge in [0.15, 0.2) is 0 Å². The summed E-state index contributed by atoms with van der Waals surface area (Å²) in [6.45, 7) is 4.25. The van der Waals surface area contributed by atoms with Crippen LogP contribution in [0.25, 0.3) is 0 Å². The van der Waals surface area contributed by atoms with Gasteiger partial charge in [-0.05, 0) is 48.4 Å². The fourth-order valence-electron chi connectivity index (χ4n) is 5.08. The first-order valence-electron chi connectivity index (χ1n) is 9.54. The van der Waals surface area contributed by atoms with Crippen LogP contribution >= 0.6 is 0 Å². The molecule has 0 saturated heterocycles. The Balaban J connectivity index is 1.45. The van der Waals surface area contributed by atoms with E-state index >= 15 is 0 Å². The van der Waals surface area contributed by atoms with Crippen molar-refractivity contribution in [2.24, 2.45) is 5.92 Å². The third kappa shape index (κ3) is 2.43. The lowest BCUT2D eigenvalue weighted by atomic mass is 9.59. The lowest BCUT2D eigenvalue weighted by molar-refractivity contribution is 0.0941. The Hall–Kier alpha value is -2.88. The van der Waals surface area contributed by atoms with Crippen molar-refractivity contribution >= 4 is 5.91 Å². The minimum Gasteiger partial charge on any atom is -0.361 e. The van der Waals surface area contributed by atoms with E-state index in [0.29, 0.717) is 41.3 Å². The number of aryl methyl sites for hydroxylation is 2. The SMILES string of the molecule is Cc1noc(C)c1C(=O)NCC1CC2c3ccccc3C1c1ccccc12. The summed E-state index contributed by atoms with van der Waals surface area (Å²) in [7, 11) is 0. The maximum Gasteiger partial charge on any atom is 0.256 e. The van der Waals surface area contributed by atoms with Gasteiger partial charge >= 0.3 is 0 Å². The number of hydrogen-bond donors (Lipinski definition) is 1. The van der Waals surface area contributed by atoms with E-state index < -0.39 is 0 Å². The number of carbonyl (C=O) groups is 1. The van der Waals surface area contributed by atoms with E-state index in [-0.39, 0.29) is 5.91 Å². The van der Waals surface area contributed by atoms with Crippen molar-refractivity contribution in [3.63, 3.8) is 0 Å². The van der Waals surface area contributed by atoms with Crippen LogP contribution in [0.2, 0.25) is 0 Å². The zero-order chi connectivity index (χ0) is 18.5. The molecule has 1 unspecified atom stereocenters. The highest BCUT2D eigenvalue weighted by molar-refractivity contribution is 5.96. The van der Waals surface area contributed by atoms with E-state index in [1.54, 1.807) is 13.8 Å². The van der Waals surface area contributed by atoms with Crippen LogP contribution in [0.3, 0.4) is 0 Å². The molecular formula is C23H22N2O2. The van der Waals surface area contributed by atoms with Crippen molar-refractivity contribution in [3.8, 4) is 0 Å². The van der Waals surface area contributed by atoms with Crippen LogP contribution in [0.1, 0.15) is 62.3 Å². The molecule has 136 valence electrons. The summed E-state index contributed by atoms with van der Waals surface area (Å²) in [5.74, 6) is 1.64. The van der Waals surface area contributed by atoms with E-state index in [4.69, 9.17) is 4.52 Å². The van der Waals surface area contributed by atoms with E-state index in [2.05, 4.69) is 59.0 Å². The molecule has 27 heavy (non-hydrogen) atoms. The normalized spacial score (nSPS) is 22.2. The second kappa shape index (κ2) is 6.08. The van der Waals surface area contributed by atoms with Gasteiger partial charge in [-0.25, -0.2) is 0 Å². The standard InChI is InChI=1S/C23H22N2O2/c1-13-21(14(2)27-25-13)23(26)24-12-15-11-20-16-7-3-5-9-18(16)22(15)19-10-6-4-8-17(19)20/h3-10,15,20,22H,11-12H2,1-2H3,(H,24,26). The largest absolute Gasteiger partial charge is 0.361 e. The number of hydrogen-bond acceptors (Lipinski definition) is 3. The fraction of sp³-hybridized carbons (Fsp3) is 0.304. The molecule has 1 N–H and O–H groups in total. The Labute approximate surface area is 158 Å². The molecule has 1 heterocycles. The molecule has 4 heteroatoms. The zero-order valence-electron chi connectivity index (χ0n) is 15.5. The van der Waals surface area contributed by atoms with Gasteiger partial charge in [-0.15, -0.1) is 0 Å². The maximum atomic E-state index is 12.7. The fourth-order valence-corrected chi connectivity index (χ4v) is 5.08. The summed E-state index contributed by atoms with van der Waals surface area (Å²) in [5.41, 5.74) is 6.96. The molecule has 4 nitrogen and oxygen atoms in total. The van der Waals surface area contributed by atoms with Gasteiger partial charge < -0.3 is 9.84 Å². The Morgan fingerprint density at radius 2 is 1.63 bits per heavy atom. The van der Waals surface area contributed by atoms with E-state index in [0.717, 1.165) is 6.42 Å². The zero-order valence-corrected chi connectivity index (χ0v) is 15.5. The predicted molar refractivity (Wildman–Crippen MR) is 103 cm³/mol. The molecule has 6 rings (SSSR count). The quantitative estimate of drug-likeness (QED) is 0.759. The smallest absolute Gasteiger partial charge is 0.256 e. The summed E-state index contributed by atoms with van der Waals surface area (Å²) in [6.07, 6.45) is 1.07. The van der Waals surface area contributed by atoms with Crippen molar-refractivity contribution in [2.75, 3.05) is 6.54 Å². The Morgan fingerprint density at radius 3 is 2.19 bits per heavy atom. The van der Waals surface area contributed by atoms with Crippen molar-refractivity contribution in [2.45, 2.75) is 32.1 Å². The summed E-state index contributed by atoms with van der Waals surface area (Å²) in [5, 5.41) is 7.04. The van der Waals surface area contributed by atoms with Gasteiger partial charge in [-0.2, -0.15) is 0 Å². The number of aromatic nitrogens is 1.